The van der Waals surface area contributed by atoms with E-state index in [1.54, 1.807) is 0 Å². The molecule has 1 atom stereocenters. The van der Waals surface area contributed by atoms with Crippen LogP contribution in [0.2, 0.25) is 0 Å². The van der Waals surface area contributed by atoms with Gasteiger partial charge in [-0.2, -0.15) is 0 Å². The van der Waals surface area contributed by atoms with Crippen molar-refractivity contribution in [3.05, 3.63) is 34.3 Å². The third kappa shape index (κ3) is 3.05. The van der Waals surface area contributed by atoms with Gasteiger partial charge in [-0.3, -0.25) is 0 Å². The smallest absolute Gasteiger partial charge is 0.0796 e. The van der Waals surface area contributed by atoms with E-state index in [4.69, 9.17) is 4.74 Å². The predicted octanol–water partition coefficient (Wildman–Crippen LogP) is 4.33. The van der Waals surface area contributed by atoms with Gasteiger partial charge < -0.3 is 4.74 Å². The first-order chi connectivity index (χ1) is 7.25. The number of benzene rings is 1. The molecule has 0 bridgehead atoms. The molecule has 82 valence electrons. The first-order valence-corrected chi connectivity index (χ1v) is 6.42. The maximum Gasteiger partial charge on any atom is 0.0796 e. The predicted molar refractivity (Wildman–Crippen MR) is 65.9 cm³/mol. The lowest BCUT2D eigenvalue weighted by molar-refractivity contribution is 0.0193. The average Bonchev–Trinajstić information content (AvgIpc) is 2.16. The highest BCUT2D eigenvalue weighted by molar-refractivity contribution is 9.10. The maximum atomic E-state index is 5.86. The third-order valence-electron chi connectivity index (χ3n) is 3.15. The minimum Gasteiger partial charge on any atom is -0.374 e. The molecule has 15 heavy (non-hydrogen) atoms. The highest BCUT2D eigenvalue weighted by Gasteiger charge is 2.18. The lowest BCUT2D eigenvalue weighted by Crippen LogP contribution is -2.18. The van der Waals surface area contributed by atoms with Crippen LogP contribution < -0.4 is 0 Å². The highest BCUT2D eigenvalue weighted by Crippen LogP contribution is 2.28. The fourth-order valence-electron chi connectivity index (χ4n) is 1.77. The lowest BCUT2D eigenvalue weighted by Gasteiger charge is -2.26. The molecule has 1 aliphatic rings. The molecule has 0 spiro atoms. The molecule has 0 unspecified atom stereocenters. The van der Waals surface area contributed by atoms with Crippen LogP contribution in [0.5, 0.6) is 0 Å². The van der Waals surface area contributed by atoms with E-state index in [-0.39, 0.29) is 6.10 Å². The Morgan fingerprint density at radius 3 is 2.53 bits per heavy atom. The van der Waals surface area contributed by atoms with Crippen LogP contribution in [-0.2, 0) is 4.74 Å². The Labute approximate surface area is 100.0 Å². The summed E-state index contributed by atoms with van der Waals surface area (Å²) in [6, 6.07) is 8.38. The second kappa shape index (κ2) is 5.13. The van der Waals surface area contributed by atoms with Gasteiger partial charge in [0.1, 0.15) is 0 Å². The van der Waals surface area contributed by atoms with Crippen molar-refractivity contribution >= 4 is 15.9 Å². The molecule has 0 saturated heterocycles. The van der Waals surface area contributed by atoms with Crippen LogP contribution >= 0.6 is 15.9 Å². The molecule has 1 nitrogen and oxygen atoms in total. The van der Waals surface area contributed by atoms with Crippen molar-refractivity contribution in [1.29, 1.82) is 0 Å². The second-order valence-electron chi connectivity index (χ2n) is 4.32. The van der Waals surface area contributed by atoms with Gasteiger partial charge in [-0.15, -0.1) is 0 Å². The summed E-state index contributed by atoms with van der Waals surface area (Å²) in [5.74, 6) is 0.822. The van der Waals surface area contributed by atoms with E-state index in [9.17, 15) is 0 Å². The van der Waals surface area contributed by atoms with Crippen LogP contribution in [0, 0.1) is 5.92 Å². The molecule has 1 saturated carbocycles. The zero-order valence-corrected chi connectivity index (χ0v) is 10.7. The first kappa shape index (κ1) is 11.2. The van der Waals surface area contributed by atoms with Gasteiger partial charge in [-0.05, 0) is 43.4 Å². The monoisotopic (exact) mass is 268 g/mol. The fraction of sp³-hybridized carbons (Fsp3) is 0.538. The Morgan fingerprint density at radius 1 is 1.33 bits per heavy atom. The number of hydrogen-bond donors (Lipinski definition) is 0. The van der Waals surface area contributed by atoms with E-state index in [0.717, 1.165) is 17.0 Å². The number of rotatable bonds is 4. The van der Waals surface area contributed by atoms with Crippen LogP contribution in [0.25, 0.3) is 0 Å². The minimum atomic E-state index is 0.221. The average molecular weight is 269 g/mol. The van der Waals surface area contributed by atoms with E-state index in [0.29, 0.717) is 0 Å². The first-order valence-electron chi connectivity index (χ1n) is 5.63. The molecule has 1 aromatic rings. The van der Waals surface area contributed by atoms with Crippen LogP contribution in [0.1, 0.15) is 37.9 Å². The van der Waals surface area contributed by atoms with Crippen LogP contribution in [0.15, 0.2) is 28.7 Å². The molecule has 1 fully saturated rings. The van der Waals surface area contributed by atoms with Gasteiger partial charge in [0.25, 0.3) is 0 Å². The largest absolute Gasteiger partial charge is 0.374 e. The van der Waals surface area contributed by atoms with E-state index >= 15 is 0 Å². The third-order valence-corrected chi connectivity index (χ3v) is 3.67. The standard InChI is InChI=1S/C13H17BrO/c1-10(15-9-11-3-2-4-11)12-5-7-13(14)8-6-12/h5-8,10-11H,2-4,9H2,1H3/t10-/m1/s1. The Balaban J connectivity index is 1.83. The van der Waals surface area contributed by atoms with Crippen LogP contribution in [-0.4, -0.2) is 6.61 Å². The van der Waals surface area contributed by atoms with Crippen molar-refractivity contribution in [2.45, 2.75) is 32.3 Å². The van der Waals surface area contributed by atoms with E-state index in [2.05, 4.69) is 47.1 Å². The molecule has 0 N–H and O–H groups in total. The number of ether oxygens (including phenoxy) is 1. The van der Waals surface area contributed by atoms with Crippen LogP contribution in [0.4, 0.5) is 0 Å². The number of halogens is 1. The fourth-order valence-corrected chi connectivity index (χ4v) is 2.03. The molecule has 0 aliphatic heterocycles. The van der Waals surface area contributed by atoms with E-state index in [1.807, 2.05) is 0 Å². The molecule has 0 amide bonds. The molecule has 0 radical (unpaired) electrons. The molecule has 2 rings (SSSR count). The van der Waals surface area contributed by atoms with Gasteiger partial charge in [0.15, 0.2) is 0 Å². The summed E-state index contributed by atoms with van der Waals surface area (Å²) in [5.41, 5.74) is 1.26. The Morgan fingerprint density at radius 2 is 2.00 bits per heavy atom. The van der Waals surface area contributed by atoms with Crippen molar-refractivity contribution in [1.82, 2.24) is 0 Å². The minimum absolute atomic E-state index is 0.221. The van der Waals surface area contributed by atoms with Gasteiger partial charge in [-0.1, -0.05) is 34.5 Å². The SMILES string of the molecule is C[C@@H](OCC1CCC1)c1ccc(Br)cc1. The summed E-state index contributed by atoms with van der Waals surface area (Å²) < 4.78 is 6.98. The number of hydrogen-bond acceptors (Lipinski definition) is 1. The Kier molecular flexibility index (Phi) is 3.81. The van der Waals surface area contributed by atoms with Gasteiger partial charge in [0, 0.05) is 4.47 Å². The summed E-state index contributed by atoms with van der Waals surface area (Å²) in [6.45, 7) is 3.05. The van der Waals surface area contributed by atoms with Gasteiger partial charge >= 0.3 is 0 Å². The summed E-state index contributed by atoms with van der Waals surface area (Å²) >= 11 is 3.44. The maximum absolute atomic E-state index is 5.86. The molecular formula is C13H17BrO. The van der Waals surface area contributed by atoms with Crippen molar-refractivity contribution in [3.8, 4) is 0 Å². The highest BCUT2D eigenvalue weighted by atomic mass is 79.9. The Bertz CT molecular complexity index is 303. The van der Waals surface area contributed by atoms with Crippen molar-refractivity contribution in [2.75, 3.05) is 6.61 Å². The topological polar surface area (TPSA) is 9.23 Å². The van der Waals surface area contributed by atoms with Gasteiger partial charge in [0.2, 0.25) is 0 Å². The Hall–Kier alpha value is -0.340. The quantitative estimate of drug-likeness (QED) is 0.790. The van der Waals surface area contributed by atoms with Crippen molar-refractivity contribution in [2.24, 2.45) is 5.92 Å². The van der Waals surface area contributed by atoms with Crippen molar-refractivity contribution in [3.63, 3.8) is 0 Å². The zero-order chi connectivity index (χ0) is 10.7. The summed E-state index contributed by atoms with van der Waals surface area (Å²) in [5, 5.41) is 0. The van der Waals surface area contributed by atoms with E-state index < -0.39 is 0 Å². The molecule has 0 heterocycles. The molecule has 1 aromatic carbocycles. The summed E-state index contributed by atoms with van der Waals surface area (Å²) in [4.78, 5) is 0. The summed E-state index contributed by atoms with van der Waals surface area (Å²) in [7, 11) is 0. The zero-order valence-electron chi connectivity index (χ0n) is 9.08. The molecule has 0 aromatic heterocycles. The van der Waals surface area contributed by atoms with E-state index in [1.165, 1.54) is 24.8 Å². The molecular weight excluding hydrogens is 252 g/mol. The molecule has 1 aliphatic carbocycles. The second-order valence-corrected chi connectivity index (χ2v) is 5.24. The molecule has 2 heteroatoms. The lowest BCUT2D eigenvalue weighted by atomic mass is 9.86. The van der Waals surface area contributed by atoms with Crippen LogP contribution in [0.3, 0.4) is 0 Å². The normalized spacial score (nSPS) is 18.5. The van der Waals surface area contributed by atoms with Crippen molar-refractivity contribution < 1.29 is 4.74 Å². The van der Waals surface area contributed by atoms with Gasteiger partial charge in [-0.25, -0.2) is 0 Å². The summed E-state index contributed by atoms with van der Waals surface area (Å²) in [6.07, 6.45) is 4.32. The van der Waals surface area contributed by atoms with Gasteiger partial charge in [0.05, 0.1) is 12.7 Å².